The van der Waals surface area contributed by atoms with Crippen LogP contribution in [-0.4, -0.2) is 51.5 Å². The van der Waals surface area contributed by atoms with Gasteiger partial charge in [0.25, 0.3) is 5.91 Å². The number of hydrogen-bond acceptors (Lipinski definition) is 5. The lowest BCUT2D eigenvalue weighted by atomic mass is 10.2. The molecule has 2 N–H and O–H groups in total. The van der Waals surface area contributed by atoms with Gasteiger partial charge in [-0.25, -0.2) is 4.98 Å². The number of pyridine rings is 1. The molecular formula is C15H18F2N6O. The smallest absolute Gasteiger partial charge is 0.319 e. The van der Waals surface area contributed by atoms with Crippen molar-refractivity contribution in [3.05, 3.63) is 42.2 Å². The monoisotopic (exact) mass is 336 g/mol. The van der Waals surface area contributed by atoms with Gasteiger partial charge >= 0.3 is 6.55 Å². The summed E-state index contributed by atoms with van der Waals surface area (Å²) in [4.78, 5) is 23.6. The lowest BCUT2D eigenvalue weighted by molar-refractivity contribution is 0.0636. The van der Waals surface area contributed by atoms with Crippen LogP contribution >= 0.6 is 0 Å². The van der Waals surface area contributed by atoms with Gasteiger partial charge in [0.2, 0.25) is 0 Å². The number of halogens is 2. The zero-order valence-electron chi connectivity index (χ0n) is 13.0. The lowest BCUT2D eigenvalue weighted by Crippen LogP contribution is -2.46. The van der Waals surface area contributed by atoms with Crippen molar-refractivity contribution in [2.45, 2.75) is 13.1 Å². The van der Waals surface area contributed by atoms with Gasteiger partial charge in [-0.05, 0) is 6.07 Å². The van der Waals surface area contributed by atoms with Crippen molar-refractivity contribution in [2.24, 2.45) is 5.73 Å². The van der Waals surface area contributed by atoms with Crippen molar-refractivity contribution in [1.82, 2.24) is 19.4 Å². The van der Waals surface area contributed by atoms with Crippen molar-refractivity contribution in [2.75, 3.05) is 31.1 Å². The molecule has 2 aromatic heterocycles. The van der Waals surface area contributed by atoms with Gasteiger partial charge in [-0.15, -0.1) is 0 Å². The van der Waals surface area contributed by atoms with Crippen LogP contribution in [0.1, 0.15) is 22.7 Å². The number of piperazine rings is 1. The van der Waals surface area contributed by atoms with Crippen molar-refractivity contribution < 1.29 is 13.6 Å². The van der Waals surface area contributed by atoms with Gasteiger partial charge in [0, 0.05) is 51.0 Å². The van der Waals surface area contributed by atoms with Crippen molar-refractivity contribution in [3.8, 4) is 0 Å². The minimum absolute atomic E-state index is 0.347. The highest BCUT2D eigenvalue weighted by Crippen LogP contribution is 2.21. The summed E-state index contributed by atoms with van der Waals surface area (Å²) in [7, 11) is 0. The molecule has 0 aliphatic carbocycles. The molecule has 1 amide bonds. The number of anilines is 1. The number of carbonyl (C=O) groups excluding carboxylic acids is 1. The molecule has 7 nitrogen and oxygen atoms in total. The van der Waals surface area contributed by atoms with Gasteiger partial charge < -0.3 is 10.6 Å². The number of hydrogen-bond donors (Lipinski definition) is 1. The van der Waals surface area contributed by atoms with Crippen molar-refractivity contribution >= 4 is 11.6 Å². The highest BCUT2D eigenvalue weighted by Gasteiger charge is 2.22. The fourth-order valence-corrected chi connectivity index (χ4v) is 2.84. The van der Waals surface area contributed by atoms with Gasteiger partial charge in [0.05, 0.1) is 17.8 Å². The van der Waals surface area contributed by atoms with Crippen LogP contribution < -0.4 is 10.6 Å². The van der Waals surface area contributed by atoms with E-state index in [2.05, 4.69) is 19.8 Å². The number of carbonyl (C=O) groups is 1. The molecule has 0 aromatic carbocycles. The fraction of sp³-hybridized carbons (Fsp3) is 0.400. The Kier molecular flexibility index (Phi) is 4.70. The number of nitrogens with zero attached hydrogens (tertiary/aromatic N) is 5. The first-order chi connectivity index (χ1) is 11.6. The van der Waals surface area contributed by atoms with Crippen molar-refractivity contribution in [3.63, 3.8) is 0 Å². The fourth-order valence-electron chi connectivity index (χ4n) is 2.84. The van der Waals surface area contributed by atoms with Gasteiger partial charge in [-0.2, -0.15) is 8.78 Å². The average Bonchev–Trinajstić information content (AvgIpc) is 3.04. The standard InChI is InChI=1S/C15H18F2N6O/c16-15(17)23-4-3-20-13(23)10-21-5-7-22(8-6-21)12-1-2-19-9-11(12)14(18)24/h1-4,9,15H,5-8,10H2,(H2,18,24). The number of nitrogens with two attached hydrogens (primary N) is 1. The van der Waals surface area contributed by atoms with E-state index in [1.54, 1.807) is 12.3 Å². The highest BCUT2D eigenvalue weighted by molar-refractivity contribution is 5.98. The number of rotatable bonds is 5. The molecule has 2 aromatic rings. The van der Waals surface area contributed by atoms with E-state index >= 15 is 0 Å². The van der Waals surface area contributed by atoms with Gasteiger partial charge in [-0.3, -0.25) is 19.2 Å². The number of amides is 1. The summed E-state index contributed by atoms with van der Waals surface area (Å²) in [5, 5.41) is 0. The highest BCUT2D eigenvalue weighted by atomic mass is 19.3. The molecule has 0 spiro atoms. The molecule has 0 saturated carbocycles. The second kappa shape index (κ2) is 6.91. The normalized spacial score (nSPS) is 15.9. The molecule has 3 heterocycles. The molecule has 1 fully saturated rings. The number of primary amides is 1. The van der Waals surface area contributed by atoms with E-state index in [1.165, 1.54) is 18.6 Å². The number of aromatic nitrogens is 3. The zero-order chi connectivity index (χ0) is 17.1. The molecule has 24 heavy (non-hydrogen) atoms. The molecule has 3 rings (SSSR count). The Labute approximate surface area is 137 Å². The predicted molar refractivity (Wildman–Crippen MR) is 83.7 cm³/mol. The molecule has 0 unspecified atom stereocenters. The summed E-state index contributed by atoms with van der Waals surface area (Å²) in [5.41, 5.74) is 6.53. The van der Waals surface area contributed by atoms with Gasteiger partial charge in [0.15, 0.2) is 0 Å². The van der Waals surface area contributed by atoms with E-state index in [4.69, 9.17) is 5.73 Å². The van der Waals surface area contributed by atoms with Crippen LogP contribution in [0.25, 0.3) is 0 Å². The maximum atomic E-state index is 12.9. The third-order valence-electron chi connectivity index (χ3n) is 4.10. The topological polar surface area (TPSA) is 80.3 Å². The second-order valence-corrected chi connectivity index (χ2v) is 5.55. The summed E-state index contributed by atoms with van der Waals surface area (Å²) in [5.74, 6) is -0.167. The predicted octanol–water partition coefficient (Wildman–Crippen LogP) is 1.09. The molecule has 1 aliphatic rings. The van der Waals surface area contributed by atoms with Crippen LogP contribution in [0, 0.1) is 0 Å². The maximum Gasteiger partial charge on any atom is 0.319 e. The van der Waals surface area contributed by atoms with Crippen LogP contribution in [0.3, 0.4) is 0 Å². The van der Waals surface area contributed by atoms with E-state index in [9.17, 15) is 13.6 Å². The quantitative estimate of drug-likeness (QED) is 0.884. The van der Waals surface area contributed by atoms with E-state index in [-0.39, 0.29) is 0 Å². The largest absolute Gasteiger partial charge is 0.368 e. The van der Waals surface area contributed by atoms with Gasteiger partial charge in [0.1, 0.15) is 5.82 Å². The summed E-state index contributed by atoms with van der Waals surface area (Å²) in [6.45, 7) is 0.468. The number of imidazole rings is 1. The van der Waals surface area contributed by atoms with Crippen LogP contribution in [0.4, 0.5) is 14.5 Å². The lowest BCUT2D eigenvalue weighted by Gasteiger charge is -2.36. The Morgan fingerprint density at radius 2 is 2.00 bits per heavy atom. The first-order valence-electron chi connectivity index (χ1n) is 7.57. The SMILES string of the molecule is NC(=O)c1cnccc1N1CCN(Cc2nccn2C(F)F)CC1. The molecule has 0 radical (unpaired) electrons. The minimum atomic E-state index is -2.58. The second-order valence-electron chi connectivity index (χ2n) is 5.55. The molecule has 1 saturated heterocycles. The Balaban J connectivity index is 1.64. The van der Waals surface area contributed by atoms with Crippen LogP contribution in [0.5, 0.6) is 0 Å². The van der Waals surface area contributed by atoms with Crippen LogP contribution in [0.15, 0.2) is 30.9 Å². The minimum Gasteiger partial charge on any atom is -0.368 e. The van der Waals surface area contributed by atoms with E-state index in [0.717, 1.165) is 10.3 Å². The Morgan fingerprint density at radius 3 is 2.67 bits per heavy atom. The average molecular weight is 336 g/mol. The Hall–Kier alpha value is -2.55. The molecule has 9 heteroatoms. The molecule has 1 aliphatic heterocycles. The summed E-state index contributed by atoms with van der Waals surface area (Å²) < 4.78 is 26.6. The first kappa shape index (κ1) is 16.3. The van der Waals surface area contributed by atoms with Gasteiger partial charge in [-0.1, -0.05) is 0 Å². The molecule has 0 atom stereocenters. The van der Waals surface area contributed by atoms with Crippen LogP contribution in [0.2, 0.25) is 0 Å². The Bertz CT molecular complexity index is 711. The summed E-state index contributed by atoms with van der Waals surface area (Å²) >= 11 is 0. The maximum absolute atomic E-state index is 12.9. The molecule has 0 bridgehead atoms. The van der Waals surface area contributed by atoms with E-state index in [1.807, 2.05) is 0 Å². The zero-order valence-corrected chi connectivity index (χ0v) is 13.0. The molecule has 128 valence electrons. The number of alkyl halides is 2. The first-order valence-corrected chi connectivity index (χ1v) is 7.57. The summed E-state index contributed by atoms with van der Waals surface area (Å²) in [6, 6.07) is 1.76. The van der Waals surface area contributed by atoms with E-state index < -0.39 is 12.5 Å². The van der Waals surface area contributed by atoms with Crippen LogP contribution in [-0.2, 0) is 6.54 Å². The third-order valence-corrected chi connectivity index (χ3v) is 4.10. The third kappa shape index (κ3) is 3.35. The van der Waals surface area contributed by atoms with E-state index in [0.29, 0.717) is 44.1 Å². The Morgan fingerprint density at radius 1 is 1.25 bits per heavy atom. The van der Waals surface area contributed by atoms with Crippen molar-refractivity contribution in [1.29, 1.82) is 0 Å². The summed E-state index contributed by atoms with van der Waals surface area (Å²) in [6.07, 6.45) is 5.75. The molecular weight excluding hydrogens is 318 g/mol.